The first-order chi connectivity index (χ1) is 11.0. The van der Waals surface area contributed by atoms with Gasteiger partial charge < -0.3 is 19.9 Å². The minimum absolute atomic E-state index is 0.0114. The standard InChI is InChI=1S/C16H21N5O2/c1-11-5-4-6-14(12(11)2)19-7-9-20(10-8-19)15-16(21(22)23)18-13(3)17-15/h4-6H,7-10H2,1-3H3,(H,17,18). The number of imidazole rings is 1. The predicted molar refractivity (Wildman–Crippen MR) is 90.3 cm³/mol. The van der Waals surface area contributed by atoms with Gasteiger partial charge in [0.25, 0.3) is 0 Å². The van der Waals surface area contributed by atoms with E-state index in [-0.39, 0.29) is 5.82 Å². The van der Waals surface area contributed by atoms with Gasteiger partial charge >= 0.3 is 5.82 Å². The summed E-state index contributed by atoms with van der Waals surface area (Å²) in [5.41, 5.74) is 3.82. The van der Waals surface area contributed by atoms with Gasteiger partial charge in [0.15, 0.2) is 5.82 Å². The second-order valence-electron chi connectivity index (χ2n) is 5.94. The van der Waals surface area contributed by atoms with Crippen LogP contribution in [0.4, 0.5) is 17.3 Å². The van der Waals surface area contributed by atoms with E-state index in [1.54, 1.807) is 6.92 Å². The van der Waals surface area contributed by atoms with Crippen LogP contribution in [0.1, 0.15) is 17.0 Å². The number of benzene rings is 1. The number of rotatable bonds is 3. The zero-order valence-electron chi connectivity index (χ0n) is 13.7. The van der Waals surface area contributed by atoms with Crippen LogP contribution in [0.3, 0.4) is 0 Å². The lowest BCUT2D eigenvalue weighted by Gasteiger charge is -2.36. The Morgan fingerprint density at radius 1 is 1.13 bits per heavy atom. The van der Waals surface area contributed by atoms with Crippen molar-refractivity contribution in [3.05, 3.63) is 45.3 Å². The Morgan fingerprint density at radius 2 is 1.78 bits per heavy atom. The second kappa shape index (κ2) is 5.91. The molecule has 7 nitrogen and oxygen atoms in total. The number of H-pyrrole nitrogens is 1. The molecule has 0 radical (unpaired) electrons. The lowest BCUT2D eigenvalue weighted by Crippen LogP contribution is -2.47. The summed E-state index contributed by atoms with van der Waals surface area (Å²) >= 11 is 0. The lowest BCUT2D eigenvalue weighted by molar-refractivity contribution is -0.388. The third-order valence-corrected chi connectivity index (χ3v) is 4.46. The highest BCUT2D eigenvalue weighted by Gasteiger charge is 2.27. The van der Waals surface area contributed by atoms with Gasteiger partial charge in [-0.05, 0) is 36.0 Å². The molecule has 3 rings (SSSR count). The number of nitrogens with zero attached hydrogens (tertiary/aromatic N) is 4. The summed E-state index contributed by atoms with van der Waals surface area (Å²) in [6, 6.07) is 6.33. The van der Waals surface area contributed by atoms with Crippen molar-refractivity contribution in [2.24, 2.45) is 0 Å². The largest absolute Gasteiger partial charge is 0.368 e. The van der Waals surface area contributed by atoms with Crippen LogP contribution in [-0.4, -0.2) is 41.1 Å². The topological polar surface area (TPSA) is 78.3 Å². The Hall–Kier alpha value is -2.57. The Labute approximate surface area is 135 Å². The number of hydrogen-bond acceptors (Lipinski definition) is 5. The number of piperazine rings is 1. The molecule has 0 unspecified atom stereocenters. The molecule has 2 aromatic rings. The molecule has 1 aliphatic rings. The van der Waals surface area contributed by atoms with Gasteiger partial charge in [-0.1, -0.05) is 12.1 Å². The van der Waals surface area contributed by atoms with Crippen LogP contribution in [0.25, 0.3) is 0 Å². The first kappa shape index (κ1) is 15.3. The Morgan fingerprint density at radius 3 is 2.43 bits per heavy atom. The first-order valence-electron chi connectivity index (χ1n) is 7.74. The summed E-state index contributed by atoms with van der Waals surface area (Å²) < 4.78 is 0. The fourth-order valence-corrected chi connectivity index (χ4v) is 3.05. The summed E-state index contributed by atoms with van der Waals surface area (Å²) in [6.07, 6.45) is 0. The quantitative estimate of drug-likeness (QED) is 0.695. The van der Waals surface area contributed by atoms with Gasteiger partial charge in [0, 0.05) is 38.8 Å². The first-order valence-corrected chi connectivity index (χ1v) is 7.74. The molecule has 0 saturated carbocycles. The molecule has 0 amide bonds. The molecule has 1 fully saturated rings. The third-order valence-electron chi connectivity index (χ3n) is 4.46. The maximum Gasteiger partial charge on any atom is 0.365 e. The van der Waals surface area contributed by atoms with E-state index >= 15 is 0 Å². The van der Waals surface area contributed by atoms with Gasteiger partial charge in [-0.3, -0.25) is 0 Å². The zero-order valence-corrected chi connectivity index (χ0v) is 13.7. The second-order valence-corrected chi connectivity index (χ2v) is 5.94. The molecule has 0 aliphatic carbocycles. The van der Waals surface area contributed by atoms with Crippen molar-refractivity contribution >= 4 is 17.3 Å². The number of aromatic amines is 1. The van der Waals surface area contributed by atoms with Crippen molar-refractivity contribution in [1.82, 2.24) is 9.97 Å². The van der Waals surface area contributed by atoms with Crippen LogP contribution in [0, 0.1) is 30.9 Å². The van der Waals surface area contributed by atoms with Crippen LogP contribution in [0.5, 0.6) is 0 Å². The molecular weight excluding hydrogens is 294 g/mol. The molecule has 1 saturated heterocycles. The molecular formula is C16H21N5O2. The highest BCUT2D eigenvalue weighted by Crippen LogP contribution is 2.28. The van der Waals surface area contributed by atoms with E-state index in [2.05, 4.69) is 46.9 Å². The van der Waals surface area contributed by atoms with Gasteiger partial charge in [0.1, 0.15) is 0 Å². The number of anilines is 2. The van der Waals surface area contributed by atoms with Crippen LogP contribution in [0.2, 0.25) is 0 Å². The normalized spacial score (nSPS) is 15.1. The Kier molecular flexibility index (Phi) is 3.94. The van der Waals surface area contributed by atoms with Crippen LogP contribution >= 0.6 is 0 Å². The van der Waals surface area contributed by atoms with Crippen LogP contribution in [-0.2, 0) is 0 Å². The smallest absolute Gasteiger partial charge is 0.365 e. The number of nitro groups is 1. The Bertz CT molecular complexity index is 732. The molecule has 0 spiro atoms. The number of nitrogens with one attached hydrogen (secondary N) is 1. The fourth-order valence-electron chi connectivity index (χ4n) is 3.05. The predicted octanol–water partition coefficient (Wildman–Crippen LogP) is 2.57. The van der Waals surface area contributed by atoms with Crippen molar-refractivity contribution in [3.63, 3.8) is 0 Å². The minimum Gasteiger partial charge on any atom is -0.368 e. The molecule has 23 heavy (non-hydrogen) atoms. The molecule has 7 heteroatoms. The van der Waals surface area contributed by atoms with Gasteiger partial charge in [-0.15, -0.1) is 0 Å². The van der Waals surface area contributed by atoms with E-state index in [9.17, 15) is 10.1 Å². The van der Waals surface area contributed by atoms with Crippen molar-refractivity contribution in [2.75, 3.05) is 36.0 Å². The molecule has 0 atom stereocenters. The van der Waals surface area contributed by atoms with Crippen molar-refractivity contribution in [2.45, 2.75) is 20.8 Å². The highest BCUT2D eigenvalue weighted by molar-refractivity contribution is 5.59. The van der Waals surface area contributed by atoms with Gasteiger partial charge in [0.05, 0.1) is 0 Å². The average Bonchev–Trinajstić information content (AvgIpc) is 2.92. The van der Waals surface area contributed by atoms with Crippen molar-refractivity contribution < 1.29 is 4.92 Å². The molecule has 1 aromatic carbocycles. The monoisotopic (exact) mass is 315 g/mol. The molecule has 2 heterocycles. The summed E-state index contributed by atoms with van der Waals surface area (Å²) in [6.45, 7) is 9.09. The zero-order chi connectivity index (χ0) is 16.6. The summed E-state index contributed by atoms with van der Waals surface area (Å²) in [4.78, 5) is 22.1. The highest BCUT2D eigenvalue weighted by atomic mass is 16.6. The van der Waals surface area contributed by atoms with E-state index < -0.39 is 4.92 Å². The van der Waals surface area contributed by atoms with E-state index in [0.717, 1.165) is 26.2 Å². The third kappa shape index (κ3) is 2.86. The van der Waals surface area contributed by atoms with Crippen LogP contribution in [0.15, 0.2) is 18.2 Å². The van der Waals surface area contributed by atoms with Crippen molar-refractivity contribution in [1.29, 1.82) is 0 Å². The minimum atomic E-state index is -0.396. The number of aryl methyl sites for hydroxylation is 2. The molecule has 1 aliphatic heterocycles. The number of aromatic nitrogens is 2. The Balaban J connectivity index is 1.76. The molecule has 1 aromatic heterocycles. The fraction of sp³-hybridized carbons (Fsp3) is 0.438. The summed E-state index contributed by atoms with van der Waals surface area (Å²) in [5.74, 6) is 1.01. The maximum absolute atomic E-state index is 11.1. The van der Waals surface area contributed by atoms with E-state index in [0.29, 0.717) is 11.6 Å². The maximum atomic E-state index is 11.1. The van der Waals surface area contributed by atoms with Crippen molar-refractivity contribution in [3.8, 4) is 0 Å². The van der Waals surface area contributed by atoms with E-state index in [1.165, 1.54) is 16.8 Å². The van der Waals surface area contributed by atoms with Gasteiger partial charge in [-0.2, -0.15) is 4.98 Å². The van der Waals surface area contributed by atoms with Gasteiger partial charge in [0.2, 0.25) is 5.82 Å². The molecule has 1 N–H and O–H groups in total. The summed E-state index contributed by atoms with van der Waals surface area (Å²) in [5, 5.41) is 11.1. The SMILES string of the molecule is Cc1nc(N2CCN(c3cccc(C)c3C)CC2)c([N+](=O)[O-])[nH]1. The average molecular weight is 315 g/mol. The lowest BCUT2D eigenvalue weighted by atomic mass is 10.1. The van der Waals surface area contributed by atoms with Gasteiger partial charge in [-0.25, -0.2) is 4.98 Å². The number of hydrogen-bond donors (Lipinski definition) is 1. The molecule has 0 bridgehead atoms. The van der Waals surface area contributed by atoms with E-state index in [4.69, 9.17) is 0 Å². The van der Waals surface area contributed by atoms with E-state index in [1.807, 2.05) is 4.90 Å². The van der Waals surface area contributed by atoms with Crippen LogP contribution < -0.4 is 9.80 Å². The summed E-state index contributed by atoms with van der Waals surface area (Å²) in [7, 11) is 0. The molecule has 122 valence electrons.